The topological polar surface area (TPSA) is 58.6 Å². The van der Waals surface area contributed by atoms with Gasteiger partial charge in [-0.1, -0.05) is 27.7 Å². The van der Waals surface area contributed by atoms with E-state index in [4.69, 9.17) is 4.74 Å². The van der Waals surface area contributed by atoms with E-state index in [1.165, 1.54) is 0 Å². The van der Waals surface area contributed by atoms with Crippen LogP contribution in [0.15, 0.2) is 18.2 Å². The summed E-state index contributed by atoms with van der Waals surface area (Å²) in [7, 11) is 0. The number of rotatable bonds is 4. The fourth-order valence-electron chi connectivity index (χ4n) is 4.72. The zero-order chi connectivity index (χ0) is 17.5. The highest BCUT2D eigenvalue weighted by Crippen LogP contribution is 2.55. The lowest BCUT2D eigenvalue weighted by molar-refractivity contribution is -0.113. The summed E-state index contributed by atoms with van der Waals surface area (Å²) in [6.07, 6.45) is 4.21. The van der Waals surface area contributed by atoms with E-state index in [1.807, 2.05) is 6.07 Å². The van der Waals surface area contributed by atoms with Gasteiger partial charge in [-0.15, -0.1) is 0 Å². The van der Waals surface area contributed by atoms with E-state index in [2.05, 4.69) is 33.0 Å². The summed E-state index contributed by atoms with van der Waals surface area (Å²) in [5.41, 5.74) is 1.08. The zero-order valence-electron chi connectivity index (χ0n) is 15.2. The van der Waals surface area contributed by atoms with Gasteiger partial charge in [-0.2, -0.15) is 0 Å². The molecule has 2 N–H and O–H groups in total. The molecule has 1 aliphatic heterocycles. The van der Waals surface area contributed by atoms with Crippen LogP contribution in [0.1, 0.15) is 62.9 Å². The maximum Gasteiger partial charge on any atom is 0.335 e. The molecule has 1 fully saturated rings. The molecule has 1 saturated carbocycles. The van der Waals surface area contributed by atoms with Gasteiger partial charge in [-0.25, -0.2) is 4.79 Å². The van der Waals surface area contributed by atoms with Crippen molar-refractivity contribution in [1.29, 1.82) is 0 Å². The fourth-order valence-corrected chi connectivity index (χ4v) is 4.72. The number of carboxylic acid groups (broad SMARTS) is 1. The predicted molar refractivity (Wildman–Crippen MR) is 94.7 cm³/mol. The standard InChI is InChI=1S/C20H29NO3/c1-5-10-21-17-9-6-13(2)20(19(17,3)4)12-15-11-14(18(22)23)7-8-16(15)24-20/h7-8,11,13,17,21H,5-6,9-10,12H2,1-4H3,(H,22,23)/t13-,17-,20+/m0/s1. The second-order valence-electron chi connectivity index (χ2n) is 8.00. The molecule has 3 atom stereocenters. The first-order valence-corrected chi connectivity index (χ1v) is 9.10. The van der Waals surface area contributed by atoms with Crippen molar-refractivity contribution >= 4 is 5.97 Å². The van der Waals surface area contributed by atoms with E-state index >= 15 is 0 Å². The summed E-state index contributed by atoms with van der Waals surface area (Å²) in [5, 5.41) is 13.0. The number of hydrogen-bond donors (Lipinski definition) is 2. The van der Waals surface area contributed by atoms with Gasteiger partial charge in [-0.05, 0) is 55.5 Å². The van der Waals surface area contributed by atoms with Crippen LogP contribution in [0.4, 0.5) is 0 Å². The number of fused-ring (bicyclic) bond motifs is 1. The third-order valence-electron chi connectivity index (χ3n) is 6.34. The Balaban J connectivity index is 1.94. The van der Waals surface area contributed by atoms with Crippen molar-refractivity contribution in [2.24, 2.45) is 11.3 Å². The first-order chi connectivity index (χ1) is 11.3. The molecule has 0 bridgehead atoms. The summed E-state index contributed by atoms with van der Waals surface area (Å²) in [6.45, 7) is 10.1. The SMILES string of the molecule is CCCN[C@H]1CC[C@H](C)[C@]2(Cc3cc(C(=O)O)ccc3O2)C1(C)C. The molecule has 0 radical (unpaired) electrons. The minimum Gasteiger partial charge on any atom is -0.486 e. The van der Waals surface area contributed by atoms with Gasteiger partial charge in [0.05, 0.1) is 5.56 Å². The Morgan fingerprint density at radius 1 is 1.38 bits per heavy atom. The molecule has 1 aromatic rings. The monoisotopic (exact) mass is 331 g/mol. The maximum absolute atomic E-state index is 11.3. The summed E-state index contributed by atoms with van der Waals surface area (Å²) in [4.78, 5) is 11.3. The van der Waals surface area contributed by atoms with Crippen molar-refractivity contribution in [2.45, 2.75) is 65.0 Å². The third kappa shape index (κ3) is 2.52. The van der Waals surface area contributed by atoms with Crippen LogP contribution >= 0.6 is 0 Å². The van der Waals surface area contributed by atoms with Gasteiger partial charge >= 0.3 is 5.97 Å². The molecule has 1 aromatic carbocycles. The van der Waals surface area contributed by atoms with Crippen molar-refractivity contribution in [2.75, 3.05) is 6.54 Å². The van der Waals surface area contributed by atoms with Crippen LogP contribution in [0, 0.1) is 11.3 Å². The van der Waals surface area contributed by atoms with E-state index in [0.29, 0.717) is 17.5 Å². The second kappa shape index (κ2) is 6.07. The highest BCUT2D eigenvalue weighted by molar-refractivity contribution is 5.88. The Bertz CT molecular complexity index is 638. The first-order valence-electron chi connectivity index (χ1n) is 9.10. The van der Waals surface area contributed by atoms with Crippen molar-refractivity contribution < 1.29 is 14.6 Å². The predicted octanol–water partition coefficient (Wildman–Crippen LogP) is 3.88. The van der Waals surface area contributed by atoms with Crippen molar-refractivity contribution in [3.63, 3.8) is 0 Å². The van der Waals surface area contributed by atoms with Gasteiger partial charge < -0.3 is 15.2 Å². The molecule has 0 aromatic heterocycles. The van der Waals surface area contributed by atoms with Gasteiger partial charge in [0.25, 0.3) is 0 Å². The van der Waals surface area contributed by atoms with E-state index in [0.717, 1.165) is 43.5 Å². The summed E-state index contributed by atoms with van der Waals surface area (Å²) >= 11 is 0. The largest absolute Gasteiger partial charge is 0.486 e. The molecule has 132 valence electrons. The van der Waals surface area contributed by atoms with Gasteiger partial charge in [0.15, 0.2) is 0 Å². The number of nitrogens with one attached hydrogen (secondary N) is 1. The van der Waals surface area contributed by atoms with Crippen LogP contribution < -0.4 is 10.1 Å². The number of benzene rings is 1. The number of aromatic carboxylic acids is 1. The average Bonchev–Trinajstić information content (AvgIpc) is 2.93. The fraction of sp³-hybridized carbons (Fsp3) is 0.650. The van der Waals surface area contributed by atoms with E-state index < -0.39 is 5.97 Å². The molecule has 1 heterocycles. The second-order valence-corrected chi connectivity index (χ2v) is 8.00. The molecule has 4 heteroatoms. The van der Waals surface area contributed by atoms with Crippen LogP contribution in [-0.2, 0) is 6.42 Å². The minimum absolute atomic E-state index is 0.0256. The van der Waals surface area contributed by atoms with Crippen molar-refractivity contribution in [3.05, 3.63) is 29.3 Å². The Kier molecular flexibility index (Phi) is 4.37. The van der Waals surface area contributed by atoms with E-state index in [-0.39, 0.29) is 11.0 Å². The van der Waals surface area contributed by atoms with Crippen molar-refractivity contribution in [3.8, 4) is 5.75 Å². The number of hydrogen-bond acceptors (Lipinski definition) is 3. The summed E-state index contributed by atoms with van der Waals surface area (Å²) in [6, 6.07) is 5.69. The van der Waals surface area contributed by atoms with Crippen LogP contribution in [0.3, 0.4) is 0 Å². The number of ether oxygens (including phenoxy) is 1. The zero-order valence-corrected chi connectivity index (χ0v) is 15.2. The van der Waals surface area contributed by atoms with Crippen LogP contribution in [0.2, 0.25) is 0 Å². The highest BCUT2D eigenvalue weighted by Gasteiger charge is 2.59. The lowest BCUT2D eigenvalue weighted by Crippen LogP contribution is -2.64. The lowest BCUT2D eigenvalue weighted by atomic mass is 9.57. The van der Waals surface area contributed by atoms with Crippen LogP contribution in [0.5, 0.6) is 5.75 Å². The average molecular weight is 331 g/mol. The molecular weight excluding hydrogens is 302 g/mol. The van der Waals surface area contributed by atoms with E-state index in [1.54, 1.807) is 12.1 Å². The van der Waals surface area contributed by atoms with Gasteiger partial charge in [-0.3, -0.25) is 0 Å². The van der Waals surface area contributed by atoms with Gasteiger partial charge in [0, 0.05) is 17.9 Å². The highest BCUT2D eigenvalue weighted by atomic mass is 16.5. The van der Waals surface area contributed by atoms with Crippen molar-refractivity contribution in [1.82, 2.24) is 5.32 Å². The van der Waals surface area contributed by atoms with E-state index in [9.17, 15) is 9.90 Å². The molecule has 2 aliphatic rings. The Morgan fingerprint density at radius 2 is 2.12 bits per heavy atom. The Morgan fingerprint density at radius 3 is 2.79 bits per heavy atom. The molecule has 3 rings (SSSR count). The molecular formula is C20H29NO3. The lowest BCUT2D eigenvalue weighted by Gasteiger charge is -2.55. The Hall–Kier alpha value is -1.55. The quantitative estimate of drug-likeness (QED) is 0.879. The molecule has 1 spiro atoms. The number of carboxylic acids is 1. The molecule has 0 saturated heterocycles. The molecule has 0 amide bonds. The van der Waals surface area contributed by atoms with Crippen LogP contribution in [-0.4, -0.2) is 29.3 Å². The first kappa shape index (κ1) is 17.3. The Labute approximate surface area is 144 Å². The smallest absolute Gasteiger partial charge is 0.335 e. The van der Waals surface area contributed by atoms with Gasteiger partial charge in [0.1, 0.15) is 11.4 Å². The summed E-state index contributed by atoms with van der Waals surface area (Å²) < 4.78 is 6.57. The molecule has 24 heavy (non-hydrogen) atoms. The molecule has 4 nitrogen and oxygen atoms in total. The summed E-state index contributed by atoms with van der Waals surface area (Å²) in [5.74, 6) is 0.418. The number of carbonyl (C=O) groups is 1. The third-order valence-corrected chi connectivity index (χ3v) is 6.34. The van der Waals surface area contributed by atoms with Crippen LogP contribution in [0.25, 0.3) is 0 Å². The maximum atomic E-state index is 11.3. The molecule has 0 unspecified atom stereocenters. The minimum atomic E-state index is -0.878. The normalized spacial score (nSPS) is 30.8. The van der Waals surface area contributed by atoms with Gasteiger partial charge in [0.2, 0.25) is 0 Å². The molecule has 1 aliphatic carbocycles.